The van der Waals surface area contributed by atoms with Gasteiger partial charge in [0.2, 0.25) is 5.91 Å². The van der Waals surface area contributed by atoms with Crippen LogP contribution in [0.5, 0.6) is 0 Å². The maximum atomic E-state index is 13.5. The van der Waals surface area contributed by atoms with Crippen molar-refractivity contribution in [3.8, 4) is 0 Å². The van der Waals surface area contributed by atoms with Gasteiger partial charge in [0.15, 0.2) is 0 Å². The van der Waals surface area contributed by atoms with Gasteiger partial charge in [-0.25, -0.2) is 8.78 Å². The minimum Gasteiger partial charge on any atom is -0.369 e. The van der Waals surface area contributed by atoms with E-state index in [9.17, 15) is 13.6 Å². The number of carbonyl (C=O) groups excluding carboxylic acids is 1. The number of amides is 1. The summed E-state index contributed by atoms with van der Waals surface area (Å²) in [6, 6.07) is 3.39. The largest absolute Gasteiger partial charge is 0.369 e. The Morgan fingerprint density at radius 2 is 2.12 bits per heavy atom. The molecule has 2 rings (SSSR count). The number of hydrogen-bond acceptors (Lipinski definition) is 2. The Balaban J connectivity index is 2.32. The van der Waals surface area contributed by atoms with Crippen molar-refractivity contribution < 1.29 is 13.6 Å². The van der Waals surface area contributed by atoms with Gasteiger partial charge in [0, 0.05) is 25.1 Å². The maximum Gasteiger partial charge on any atom is 0.222 e. The van der Waals surface area contributed by atoms with Crippen molar-refractivity contribution in [3.63, 3.8) is 0 Å². The predicted octanol–water partition coefficient (Wildman–Crippen LogP) is 0.753. The molecule has 1 heterocycles. The molecule has 0 aliphatic carbocycles. The molecule has 1 saturated heterocycles. The van der Waals surface area contributed by atoms with Crippen LogP contribution in [-0.2, 0) is 4.79 Å². The minimum atomic E-state index is -0.625. The van der Waals surface area contributed by atoms with Gasteiger partial charge in [0.05, 0.1) is 5.92 Å². The molecule has 16 heavy (non-hydrogen) atoms. The van der Waals surface area contributed by atoms with E-state index < -0.39 is 23.5 Å². The Labute approximate surface area is 91.6 Å². The third-order valence-electron chi connectivity index (χ3n) is 2.94. The van der Waals surface area contributed by atoms with Gasteiger partial charge < -0.3 is 11.1 Å². The van der Waals surface area contributed by atoms with E-state index in [1.54, 1.807) is 0 Å². The SMILES string of the molecule is NC(=O)C1CNCC1c1ccc(F)cc1F. The number of primary amides is 1. The van der Waals surface area contributed by atoms with Crippen LogP contribution >= 0.6 is 0 Å². The van der Waals surface area contributed by atoms with Crippen molar-refractivity contribution in [1.82, 2.24) is 5.32 Å². The molecule has 3 nitrogen and oxygen atoms in total. The molecule has 0 aromatic heterocycles. The number of halogens is 2. The summed E-state index contributed by atoms with van der Waals surface area (Å²) in [5.74, 6) is -2.44. The van der Waals surface area contributed by atoms with Crippen molar-refractivity contribution in [2.24, 2.45) is 11.7 Å². The smallest absolute Gasteiger partial charge is 0.222 e. The van der Waals surface area contributed by atoms with Crippen LogP contribution in [-0.4, -0.2) is 19.0 Å². The number of nitrogens with two attached hydrogens (primary N) is 1. The highest BCUT2D eigenvalue weighted by Gasteiger charge is 2.34. The van der Waals surface area contributed by atoms with Gasteiger partial charge in [-0.2, -0.15) is 0 Å². The molecule has 5 heteroatoms. The Morgan fingerprint density at radius 3 is 2.75 bits per heavy atom. The molecule has 1 fully saturated rings. The summed E-state index contributed by atoms with van der Waals surface area (Å²) >= 11 is 0. The molecule has 0 radical (unpaired) electrons. The number of benzene rings is 1. The lowest BCUT2D eigenvalue weighted by atomic mass is 9.88. The fourth-order valence-corrected chi connectivity index (χ4v) is 2.11. The zero-order chi connectivity index (χ0) is 11.7. The second-order valence-corrected chi connectivity index (χ2v) is 3.94. The lowest BCUT2D eigenvalue weighted by Crippen LogP contribution is -2.28. The molecular weight excluding hydrogens is 214 g/mol. The van der Waals surface area contributed by atoms with Gasteiger partial charge in [-0.05, 0) is 11.6 Å². The van der Waals surface area contributed by atoms with E-state index in [1.165, 1.54) is 12.1 Å². The summed E-state index contributed by atoms with van der Waals surface area (Å²) in [5.41, 5.74) is 5.57. The van der Waals surface area contributed by atoms with Crippen LogP contribution in [0.25, 0.3) is 0 Å². The molecule has 0 bridgehead atoms. The van der Waals surface area contributed by atoms with E-state index in [4.69, 9.17) is 5.73 Å². The summed E-state index contributed by atoms with van der Waals surface area (Å²) in [6.45, 7) is 0.924. The minimum absolute atomic E-state index is 0.307. The van der Waals surface area contributed by atoms with Gasteiger partial charge in [0.1, 0.15) is 11.6 Å². The first-order valence-corrected chi connectivity index (χ1v) is 5.04. The highest BCUT2D eigenvalue weighted by molar-refractivity contribution is 5.78. The first kappa shape index (κ1) is 11.0. The van der Waals surface area contributed by atoms with Gasteiger partial charge >= 0.3 is 0 Å². The summed E-state index contributed by atoms with van der Waals surface area (Å²) in [7, 11) is 0. The second-order valence-electron chi connectivity index (χ2n) is 3.94. The number of carbonyl (C=O) groups is 1. The van der Waals surface area contributed by atoms with E-state index in [2.05, 4.69) is 5.32 Å². The van der Waals surface area contributed by atoms with Crippen LogP contribution in [0.15, 0.2) is 18.2 Å². The zero-order valence-corrected chi connectivity index (χ0v) is 8.54. The molecule has 2 unspecified atom stereocenters. The molecule has 1 aromatic carbocycles. The molecule has 0 saturated carbocycles. The fourth-order valence-electron chi connectivity index (χ4n) is 2.11. The second kappa shape index (κ2) is 4.17. The van der Waals surface area contributed by atoms with Gasteiger partial charge in [-0.1, -0.05) is 6.07 Å². The zero-order valence-electron chi connectivity index (χ0n) is 8.54. The average molecular weight is 226 g/mol. The van der Waals surface area contributed by atoms with E-state index in [-0.39, 0.29) is 5.92 Å². The quantitative estimate of drug-likeness (QED) is 0.782. The number of hydrogen-bond donors (Lipinski definition) is 2. The monoisotopic (exact) mass is 226 g/mol. The fraction of sp³-hybridized carbons (Fsp3) is 0.364. The van der Waals surface area contributed by atoms with Crippen LogP contribution in [0.1, 0.15) is 11.5 Å². The molecular formula is C11H12F2N2O. The Kier molecular flexibility index (Phi) is 2.87. The van der Waals surface area contributed by atoms with Crippen molar-refractivity contribution in [3.05, 3.63) is 35.4 Å². The van der Waals surface area contributed by atoms with Crippen LogP contribution in [0.3, 0.4) is 0 Å². The third kappa shape index (κ3) is 1.90. The van der Waals surface area contributed by atoms with E-state index >= 15 is 0 Å². The van der Waals surface area contributed by atoms with E-state index in [0.717, 1.165) is 6.07 Å². The topological polar surface area (TPSA) is 55.1 Å². The molecule has 1 aliphatic rings. The molecule has 0 spiro atoms. The Bertz CT molecular complexity index is 422. The van der Waals surface area contributed by atoms with Crippen molar-refractivity contribution in [2.75, 3.05) is 13.1 Å². The van der Waals surface area contributed by atoms with Crippen molar-refractivity contribution >= 4 is 5.91 Å². The summed E-state index contributed by atoms with van der Waals surface area (Å²) in [6.07, 6.45) is 0. The van der Waals surface area contributed by atoms with Crippen LogP contribution in [0, 0.1) is 17.6 Å². The number of rotatable bonds is 2. The van der Waals surface area contributed by atoms with E-state index in [1.807, 2.05) is 0 Å². The molecule has 3 N–H and O–H groups in total. The summed E-state index contributed by atoms with van der Waals surface area (Å²) in [5, 5.41) is 2.98. The summed E-state index contributed by atoms with van der Waals surface area (Å²) in [4.78, 5) is 11.1. The normalized spacial score (nSPS) is 24.6. The number of nitrogens with one attached hydrogen (secondary N) is 1. The highest BCUT2D eigenvalue weighted by Crippen LogP contribution is 2.29. The molecule has 2 atom stereocenters. The molecule has 86 valence electrons. The van der Waals surface area contributed by atoms with Gasteiger partial charge in [-0.15, -0.1) is 0 Å². The maximum absolute atomic E-state index is 13.5. The highest BCUT2D eigenvalue weighted by atomic mass is 19.1. The average Bonchev–Trinajstić information content (AvgIpc) is 2.66. The summed E-state index contributed by atoms with van der Waals surface area (Å²) < 4.78 is 26.3. The molecule has 1 aliphatic heterocycles. The van der Waals surface area contributed by atoms with E-state index in [0.29, 0.717) is 18.7 Å². The first-order chi connectivity index (χ1) is 7.59. The lowest BCUT2D eigenvalue weighted by Gasteiger charge is -2.16. The standard InChI is InChI=1S/C11H12F2N2O/c12-6-1-2-7(10(13)3-6)8-4-15-5-9(8)11(14)16/h1-3,8-9,15H,4-5H2,(H2,14,16). The predicted molar refractivity (Wildman–Crippen MR) is 54.7 cm³/mol. The molecule has 1 aromatic rings. The van der Waals surface area contributed by atoms with Crippen LogP contribution in [0.4, 0.5) is 8.78 Å². The lowest BCUT2D eigenvalue weighted by molar-refractivity contribution is -0.121. The molecule has 1 amide bonds. The third-order valence-corrected chi connectivity index (χ3v) is 2.94. The van der Waals surface area contributed by atoms with Gasteiger partial charge in [0.25, 0.3) is 0 Å². The van der Waals surface area contributed by atoms with Gasteiger partial charge in [-0.3, -0.25) is 4.79 Å². The Morgan fingerprint density at radius 1 is 1.38 bits per heavy atom. The van der Waals surface area contributed by atoms with Crippen LogP contribution < -0.4 is 11.1 Å². The Hall–Kier alpha value is -1.49. The first-order valence-electron chi connectivity index (χ1n) is 5.04. The van der Waals surface area contributed by atoms with Crippen molar-refractivity contribution in [1.29, 1.82) is 0 Å². The van der Waals surface area contributed by atoms with Crippen molar-refractivity contribution in [2.45, 2.75) is 5.92 Å². The van der Waals surface area contributed by atoms with Crippen LogP contribution in [0.2, 0.25) is 0 Å².